The fourth-order valence-electron chi connectivity index (χ4n) is 4.46. The molecular weight excluding hydrogens is 481 g/mol. The van der Waals surface area contributed by atoms with Gasteiger partial charge in [-0.3, -0.25) is 0 Å². The molecule has 0 amide bonds. The van der Waals surface area contributed by atoms with Crippen molar-refractivity contribution < 1.29 is 17.9 Å². The van der Waals surface area contributed by atoms with Gasteiger partial charge < -0.3 is 20.7 Å². The third kappa shape index (κ3) is 5.19. The first-order valence-corrected chi connectivity index (χ1v) is 11.8. The molecule has 5 rings (SSSR count). The zero-order valence-corrected chi connectivity index (χ0v) is 20.1. The average molecular weight is 507 g/mol. The smallest absolute Gasteiger partial charge is 0.168 e. The van der Waals surface area contributed by atoms with Crippen LogP contribution in [0.3, 0.4) is 0 Å². The zero-order valence-electron chi connectivity index (χ0n) is 20.1. The number of methoxy groups -OCH3 is 1. The molecule has 1 fully saturated rings. The average Bonchev–Trinajstić information content (AvgIpc) is 2.90. The number of nitrogens with one attached hydrogen (secondary N) is 1. The Balaban J connectivity index is 1.52. The van der Waals surface area contributed by atoms with Crippen molar-refractivity contribution in [1.29, 1.82) is 0 Å². The number of aromatic nitrogens is 3. The summed E-state index contributed by atoms with van der Waals surface area (Å²) in [6.07, 6.45) is 4.93. The zero-order chi connectivity index (χ0) is 25.9. The van der Waals surface area contributed by atoms with Crippen molar-refractivity contribution in [2.45, 2.75) is 18.9 Å². The first-order chi connectivity index (χ1) is 17.9. The monoisotopic (exact) mass is 506 g/mol. The molecule has 37 heavy (non-hydrogen) atoms. The SMILES string of the molecule is COc1cccc(F)c1-c1nccc(Nc2cc(N3CCC[C@H](N)C3)c(-c3ccc(F)c(F)c3)cn2)n1. The van der Waals surface area contributed by atoms with Crippen LogP contribution in [0.4, 0.5) is 30.5 Å². The highest BCUT2D eigenvalue weighted by Crippen LogP contribution is 2.35. The number of anilines is 3. The number of benzene rings is 2. The third-order valence-electron chi connectivity index (χ3n) is 6.24. The van der Waals surface area contributed by atoms with E-state index in [4.69, 9.17) is 10.5 Å². The lowest BCUT2D eigenvalue weighted by atomic mass is 10.0. The van der Waals surface area contributed by atoms with Gasteiger partial charge in [0.15, 0.2) is 17.5 Å². The van der Waals surface area contributed by atoms with E-state index in [-0.39, 0.29) is 17.4 Å². The first kappa shape index (κ1) is 24.5. The number of rotatable bonds is 6. The standard InChI is InChI=1S/C27H25F3N6O/c1-37-23-6-2-5-20(29)26(23)27-32-10-9-24(35-27)34-25-13-22(36-11-3-4-17(31)15-36)18(14-33-25)16-7-8-19(28)21(30)12-16/h2,5-10,12-14,17H,3-4,11,15,31H2,1H3,(H,32,33,34,35)/t17-/m0/s1. The highest BCUT2D eigenvalue weighted by atomic mass is 19.2. The summed E-state index contributed by atoms with van der Waals surface area (Å²) in [4.78, 5) is 15.3. The van der Waals surface area contributed by atoms with Crippen LogP contribution in [0.1, 0.15) is 12.8 Å². The number of halogens is 3. The molecule has 1 aliphatic heterocycles. The molecule has 1 atom stereocenters. The van der Waals surface area contributed by atoms with E-state index >= 15 is 0 Å². The van der Waals surface area contributed by atoms with Gasteiger partial charge in [-0.2, -0.15) is 0 Å². The van der Waals surface area contributed by atoms with Crippen LogP contribution in [0.2, 0.25) is 0 Å². The Morgan fingerprint density at radius 2 is 1.86 bits per heavy atom. The number of piperidine rings is 1. The molecule has 2 aromatic carbocycles. The van der Waals surface area contributed by atoms with Crippen molar-refractivity contribution in [3.8, 4) is 28.3 Å². The molecule has 0 saturated carbocycles. The summed E-state index contributed by atoms with van der Waals surface area (Å²) >= 11 is 0. The molecule has 10 heteroatoms. The fourth-order valence-corrected chi connectivity index (χ4v) is 4.46. The van der Waals surface area contributed by atoms with Gasteiger partial charge in [0, 0.05) is 48.8 Å². The Kier molecular flexibility index (Phi) is 6.91. The molecular formula is C27H25F3N6O. The van der Waals surface area contributed by atoms with Crippen LogP contribution in [-0.4, -0.2) is 41.2 Å². The lowest BCUT2D eigenvalue weighted by Gasteiger charge is -2.34. The molecule has 7 nitrogen and oxygen atoms in total. The molecule has 190 valence electrons. The molecule has 3 heterocycles. The van der Waals surface area contributed by atoms with Crippen LogP contribution in [0.15, 0.2) is 60.9 Å². The van der Waals surface area contributed by atoms with E-state index in [0.717, 1.165) is 37.2 Å². The second kappa shape index (κ2) is 10.4. The van der Waals surface area contributed by atoms with Crippen LogP contribution in [0.5, 0.6) is 5.75 Å². The minimum absolute atomic E-state index is 0.00343. The number of nitrogens with two attached hydrogens (primary N) is 1. The molecule has 0 aliphatic carbocycles. The van der Waals surface area contributed by atoms with Crippen molar-refractivity contribution in [3.05, 3.63) is 78.4 Å². The predicted molar refractivity (Wildman–Crippen MR) is 136 cm³/mol. The molecule has 0 spiro atoms. The van der Waals surface area contributed by atoms with Gasteiger partial charge in [0.05, 0.1) is 12.7 Å². The van der Waals surface area contributed by atoms with Crippen molar-refractivity contribution in [2.75, 3.05) is 30.4 Å². The van der Waals surface area contributed by atoms with Crippen LogP contribution >= 0.6 is 0 Å². The van der Waals surface area contributed by atoms with Gasteiger partial charge in [-0.05, 0) is 48.7 Å². The Morgan fingerprint density at radius 3 is 2.65 bits per heavy atom. The van der Waals surface area contributed by atoms with Gasteiger partial charge >= 0.3 is 0 Å². The van der Waals surface area contributed by atoms with Crippen molar-refractivity contribution in [1.82, 2.24) is 15.0 Å². The summed E-state index contributed by atoms with van der Waals surface area (Å²) in [6.45, 7) is 1.38. The number of nitrogens with zero attached hydrogens (tertiary/aromatic N) is 4. The van der Waals surface area contributed by atoms with Crippen molar-refractivity contribution in [3.63, 3.8) is 0 Å². The van der Waals surface area contributed by atoms with Gasteiger partial charge in [-0.15, -0.1) is 0 Å². The van der Waals surface area contributed by atoms with Gasteiger partial charge in [0.1, 0.15) is 23.2 Å². The Morgan fingerprint density at radius 1 is 1.00 bits per heavy atom. The number of hydrogen-bond donors (Lipinski definition) is 2. The summed E-state index contributed by atoms with van der Waals surface area (Å²) in [7, 11) is 1.45. The maximum absolute atomic E-state index is 14.6. The highest BCUT2D eigenvalue weighted by Gasteiger charge is 2.22. The number of pyridine rings is 1. The minimum atomic E-state index is -0.932. The third-order valence-corrected chi connectivity index (χ3v) is 6.24. The lowest BCUT2D eigenvalue weighted by molar-refractivity contribution is 0.413. The van der Waals surface area contributed by atoms with E-state index in [9.17, 15) is 13.2 Å². The Labute approximate surface area is 212 Å². The topological polar surface area (TPSA) is 89.2 Å². The molecule has 3 N–H and O–H groups in total. The molecule has 0 bridgehead atoms. The minimum Gasteiger partial charge on any atom is -0.496 e. The van der Waals surface area contributed by atoms with Crippen molar-refractivity contribution >= 4 is 17.3 Å². The van der Waals surface area contributed by atoms with E-state index in [1.54, 1.807) is 24.4 Å². The second-order valence-electron chi connectivity index (χ2n) is 8.77. The summed E-state index contributed by atoms with van der Waals surface area (Å²) in [6, 6.07) is 11.7. The molecule has 4 aromatic rings. The van der Waals surface area contributed by atoms with E-state index in [1.807, 2.05) is 6.07 Å². The first-order valence-electron chi connectivity index (χ1n) is 11.8. The molecule has 1 aliphatic rings. The summed E-state index contributed by atoms with van der Waals surface area (Å²) < 4.78 is 47.5. The summed E-state index contributed by atoms with van der Waals surface area (Å²) in [5.74, 6) is -1.03. The van der Waals surface area contributed by atoms with E-state index < -0.39 is 17.5 Å². The van der Waals surface area contributed by atoms with E-state index in [0.29, 0.717) is 35.1 Å². The maximum Gasteiger partial charge on any atom is 0.168 e. The normalized spacial score (nSPS) is 15.5. The Bertz CT molecular complexity index is 1430. The Hall–Kier alpha value is -4.18. The van der Waals surface area contributed by atoms with E-state index in [2.05, 4.69) is 25.2 Å². The van der Waals surface area contributed by atoms with Gasteiger partial charge in [-0.1, -0.05) is 12.1 Å². The second-order valence-corrected chi connectivity index (χ2v) is 8.77. The number of ether oxygens (including phenoxy) is 1. The van der Waals surface area contributed by atoms with Gasteiger partial charge in [0.2, 0.25) is 0 Å². The molecule has 2 aromatic heterocycles. The largest absolute Gasteiger partial charge is 0.496 e. The van der Waals surface area contributed by atoms with Crippen LogP contribution in [0, 0.1) is 17.5 Å². The maximum atomic E-state index is 14.6. The van der Waals surface area contributed by atoms with Gasteiger partial charge in [0.25, 0.3) is 0 Å². The summed E-state index contributed by atoms with van der Waals surface area (Å²) in [5, 5.41) is 3.14. The fraction of sp³-hybridized carbons (Fsp3) is 0.222. The summed E-state index contributed by atoms with van der Waals surface area (Å²) in [5.41, 5.74) is 8.31. The highest BCUT2D eigenvalue weighted by molar-refractivity contribution is 5.80. The molecule has 1 saturated heterocycles. The predicted octanol–water partition coefficient (Wildman–Crippen LogP) is 5.30. The molecule has 0 radical (unpaired) electrons. The lowest BCUT2D eigenvalue weighted by Crippen LogP contribution is -2.43. The molecule has 0 unspecified atom stereocenters. The number of hydrogen-bond acceptors (Lipinski definition) is 7. The van der Waals surface area contributed by atoms with Gasteiger partial charge in [-0.25, -0.2) is 28.1 Å². The van der Waals surface area contributed by atoms with E-state index in [1.165, 1.54) is 25.4 Å². The van der Waals surface area contributed by atoms with Crippen LogP contribution in [0.25, 0.3) is 22.5 Å². The van der Waals surface area contributed by atoms with Crippen LogP contribution in [-0.2, 0) is 0 Å². The quantitative estimate of drug-likeness (QED) is 0.367. The van der Waals surface area contributed by atoms with Crippen molar-refractivity contribution in [2.24, 2.45) is 5.73 Å². The van der Waals surface area contributed by atoms with Crippen LogP contribution < -0.4 is 20.7 Å².